The number of halogens is 1. The number of nitrogens with one attached hydrogen (secondary N) is 1. The molecule has 1 saturated carbocycles. The fourth-order valence-corrected chi connectivity index (χ4v) is 4.29. The number of carbonyl (C=O) groups excluding carboxylic acids is 1. The van der Waals surface area contributed by atoms with Gasteiger partial charge in [-0.05, 0) is 62.4 Å². The summed E-state index contributed by atoms with van der Waals surface area (Å²) >= 11 is 0. The Labute approximate surface area is 158 Å². The highest BCUT2D eigenvalue weighted by molar-refractivity contribution is 5.91. The number of amides is 2. The van der Waals surface area contributed by atoms with Crippen molar-refractivity contribution in [3.05, 3.63) is 48.0 Å². The Hall–Kier alpha value is -2.47. The molecular formula is C21H24FN3O2. The fraction of sp³-hybridized carbons (Fsp3) is 0.429. The van der Waals surface area contributed by atoms with Gasteiger partial charge in [0.2, 0.25) is 0 Å². The lowest BCUT2D eigenvalue weighted by Crippen LogP contribution is -2.65. The number of ether oxygens (including phenoxy) is 1. The number of pyridine rings is 1. The minimum Gasteiger partial charge on any atom is -0.378 e. The molecule has 2 unspecified atom stereocenters. The van der Waals surface area contributed by atoms with Crippen molar-refractivity contribution in [2.24, 2.45) is 0 Å². The Balaban J connectivity index is 1.48. The van der Waals surface area contributed by atoms with Gasteiger partial charge in [-0.25, -0.2) is 9.18 Å². The normalized spacial score (nSPS) is 23.7. The molecule has 1 aromatic carbocycles. The van der Waals surface area contributed by atoms with Crippen molar-refractivity contribution in [1.29, 1.82) is 0 Å². The van der Waals surface area contributed by atoms with Crippen LogP contribution in [0, 0.1) is 12.7 Å². The molecule has 1 aromatic heterocycles. The number of urea groups is 1. The van der Waals surface area contributed by atoms with Crippen LogP contribution in [0.5, 0.6) is 0 Å². The van der Waals surface area contributed by atoms with Crippen LogP contribution in [0.25, 0.3) is 11.1 Å². The average Bonchev–Trinajstić information content (AvgIpc) is 2.63. The summed E-state index contributed by atoms with van der Waals surface area (Å²) in [6, 6.07) is 7.59. The standard InChI is InChI=1S/C21H24FN3O2/c1-3-27-19-9-17-8-18(10-19)25(17)21(26)24-16-5-4-13(2)20(7-16)14-6-15(22)12-23-11-14/h4-7,11-12,17-19H,3,8-10H2,1-2H3,(H,24,26)/t17-,18?,19?/m0/s1. The van der Waals surface area contributed by atoms with E-state index in [9.17, 15) is 9.18 Å². The zero-order valence-corrected chi connectivity index (χ0v) is 15.6. The molecule has 6 heteroatoms. The third-order valence-corrected chi connectivity index (χ3v) is 5.54. The minimum absolute atomic E-state index is 0.0710. The first kappa shape index (κ1) is 17.9. The smallest absolute Gasteiger partial charge is 0.322 e. The zero-order chi connectivity index (χ0) is 19.0. The van der Waals surface area contributed by atoms with Crippen LogP contribution in [0.3, 0.4) is 0 Å². The van der Waals surface area contributed by atoms with E-state index in [1.807, 2.05) is 36.9 Å². The van der Waals surface area contributed by atoms with Crippen LogP contribution in [0.1, 0.15) is 31.7 Å². The van der Waals surface area contributed by atoms with Crippen LogP contribution >= 0.6 is 0 Å². The fourth-order valence-electron chi connectivity index (χ4n) is 4.29. The number of piperidine rings is 1. The topological polar surface area (TPSA) is 54.5 Å². The molecule has 2 aliphatic heterocycles. The molecule has 1 N–H and O–H groups in total. The number of anilines is 1. The van der Waals surface area contributed by atoms with E-state index in [0.717, 1.165) is 37.0 Å². The molecule has 5 rings (SSSR count). The third-order valence-electron chi connectivity index (χ3n) is 5.54. The molecule has 1 aliphatic carbocycles. The number of fused-ring (bicyclic) bond motifs is 2. The zero-order valence-electron chi connectivity index (χ0n) is 15.6. The molecular weight excluding hydrogens is 345 g/mol. The summed E-state index contributed by atoms with van der Waals surface area (Å²) in [6.45, 7) is 4.69. The van der Waals surface area contributed by atoms with Crippen molar-refractivity contribution in [3.63, 3.8) is 0 Å². The van der Waals surface area contributed by atoms with Crippen LogP contribution in [0.15, 0.2) is 36.7 Å². The molecule has 2 bridgehead atoms. The molecule has 142 valence electrons. The van der Waals surface area contributed by atoms with Crippen molar-refractivity contribution < 1.29 is 13.9 Å². The van der Waals surface area contributed by atoms with E-state index < -0.39 is 0 Å². The second-order valence-corrected chi connectivity index (χ2v) is 7.35. The van der Waals surface area contributed by atoms with E-state index in [-0.39, 0.29) is 30.0 Å². The van der Waals surface area contributed by atoms with Crippen molar-refractivity contribution >= 4 is 11.7 Å². The van der Waals surface area contributed by atoms with Gasteiger partial charge >= 0.3 is 6.03 Å². The number of nitrogens with zero attached hydrogens (tertiary/aromatic N) is 2. The number of aryl methyl sites for hydroxylation is 1. The van der Waals surface area contributed by atoms with Gasteiger partial charge in [0.1, 0.15) is 5.82 Å². The van der Waals surface area contributed by atoms with Crippen LogP contribution in [0.2, 0.25) is 0 Å². The summed E-state index contributed by atoms with van der Waals surface area (Å²) in [5, 5.41) is 3.00. The lowest BCUT2D eigenvalue weighted by atomic mass is 9.78. The average molecular weight is 369 g/mol. The minimum atomic E-state index is -0.376. The third kappa shape index (κ3) is 3.54. The van der Waals surface area contributed by atoms with Gasteiger partial charge in [0.25, 0.3) is 0 Å². The van der Waals surface area contributed by atoms with Gasteiger partial charge in [0, 0.05) is 36.1 Å². The van der Waals surface area contributed by atoms with Crippen molar-refractivity contribution in [2.45, 2.75) is 51.3 Å². The van der Waals surface area contributed by atoms with E-state index in [0.29, 0.717) is 11.3 Å². The second kappa shape index (κ2) is 7.27. The lowest BCUT2D eigenvalue weighted by Gasteiger charge is -2.54. The van der Waals surface area contributed by atoms with Crippen LogP contribution in [0.4, 0.5) is 14.9 Å². The summed E-state index contributed by atoms with van der Waals surface area (Å²) in [5.41, 5.74) is 3.26. The van der Waals surface area contributed by atoms with Crippen molar-refractivity contribution in [3.8, 4) is 11.1 Å². The lowest BCUT2D eigenvalue weighted by molar-refractivity contribution is -0.0753. The number of hydrogen-bond acceptors (Lipinski definition) is 3. The van der Waals surface area contributed by atoms with E-state index in [1.165, 1.54) is 12.3 Å². The molecule has 2 amide bonds. The van der Waals surface area contributed by atoms with E-state index in [4.69, 9.17) is 4.74 Å². The van der Waals surface area contributed by atoms with Crippen LogP contribution < -0.4 is 5.32 Å². The summed E-state index contributed by atoms with van der Waals surface area (Å²) in [4.78, 5) is 18.6. The first-order valence-electron chi connectivity index (χ1n) is 9.47. The van der Waals surface area contributed by atoms with Crippen molar-refractivity contribution in [1.82, 2.24) is 9.88 Å². The Morgan fingerprint density at radius 1 is 1.26 bits per heavy atom. The molecule has 3 atom stereocenters. The summed E-state index contributed by atoms with van der Waals surface area (Å²) in [7, 11) is 0. The molecule has 0 spiro atoms. The molecule has 3 heterocycles. The largest absolute Gasteiger partial charge is 0.378 e. The number of carbonyl (C=O) groups is 1. The first-order chi connectivity index (χ1) is 13.0. The first-order valence-corrected chi connectivity index (χ1v) is 9.47. The van der Waals surface area contributed by atoms with Gasteiger partial charge in [0.15, 0.2) is 0 Å². The van der Waals surface area contributed by atoms with Gasteiger partial charge in [0.05, 0.1) is 12.3 Å². The predicted octanol–water partition coefficient (Wildman–Crippen LogP) is 4.37. The predicted molar refractivity (Wildman–Crippen MR) is 102 cm³/mol. The monoisotopic (exact) mass is 369 g/mol. The Bertz CT molecular complexity index is 845. The van der Waals surface area contributed by atoms with Gasteiger partial charge < -0.3 is 15.0 Å². The van der Waals surface area contributed by atoms with E-state index in [2.05, 4.69) is 10.3 Å². The molecule has 3 fully saturated rings. The summed E-state index contributed by atoms with van der Waals surface area (Å²) in [5.74, 6) is -0.376. The Kier molecular flexibility index (Phi) is 4.83. The Morgan fingerprint density at radius 3 is 2.74 bits per heavy atom. The number of benzene rings is 1. The van der Waals surface area contributed by atoms with E-state index in [1.54, 1.807) is 6.20 Å². The van der Waals surface area contributed by atoms with Crippen molar-refractivity contribution in [2.75, 3.05) is 11.9 Å². The molecule has 0 radical (unpaired) electrons. The summed E-state index contributed by atoms with van der Waals surface area (Å²) < 4.78 is 19.2. The number of aromatic nitrogens is 1. The highest BCUT2D eigenvalue weighted by atomic mass is 19.1. The molecule has 3 aliphatic rings. The highest BCUT2D eigenvalue weighted by Crippen LogP contribution is 2.40. The summed E-state index contributed by atoms with van der Waals surface area (Å²) in [6.07, 6.45) is 5.96. The maximum absolute atomic E-state index is 13.5. The second-order valence-electron chi connectivity index (χ2n) is 7.35. The van der Waals surface area contributed by atoms with E-state index >= 15 is 0 Å². The number of rotatable bonds is 4. The van der Waals surface area contributed by atoms with Gasteiger partial charge in [-0.3, -0.25) is 4.98 Å². The SMILES string of the molecule is CCOC1CC2C[C@@H](C1)N2C(=O)Nc1ccc(C)c(-c2cncc(F)c2)c1. The van der Waals surface area contributed by atoms with Gasteiger partial charge in [-0.1, -0.05) is 6.07 Å². The quantitative estimate of drug-likeness (QED) is 0.871. The maximum atomic E-state index is 13.5. The Morgan fingerprint density at radius 2 is 2.04 bits per heavy atom. The number of hydrogen-bond donors (Lipinski definition) is 1. The van der Waals surface area contributed by atoms with Gasteiger partial charge in [-0.15, -0.1) is 0 Å². The van der Waals surface area contributed by atoms with Crippen LogP contribution in [-0.4, -0.2) is 40.7 Å². The maximum Gasteiger partial charge on any atom is 0.322 e. The molecule has 2 aromatic rings. The van der Waals surface area contributed by atoms with Gasteiger partial charge in [-0.2, -0.15) is 0 Å². The molecule has 2 saturated heterocycles. The molecule has 5 nitrogen and oxygen atoms in total. The highest BCUT2D eigenvalue weighted by Gasteiger charge is 2.48. The van der Waals surface area contributed by atoms with Crippen LogP contribution in [-0.2, 0) is 4.74 Å². The molecule has 27 heavy (non-hydrogen) atoms.